The normalized spacial score (nSPS) is 11.0. The number of benzene rings is 2. The molecule has 0 saturated carbocycles. The summed E-state index contributed by atoms with van der Waals surface area (Å²) < 4.78 is 24.2. The molecule has 0 atom stereocenters. The van der Waals surface area contributed by atoms with E-state index < -0.39 is 5.82 Å². The average molecular weight is 312 g/mol. The lowest BCUT2D eigenvalue weighted by Crippen LogP contribution is -1.87. The number of halogens is 3. The lowest BCUT2D eigenvalue weighted by atomic mass is 10.1. The Hall–Kier alpha value is -1.78. The second-order valence-corrected chi connectivity index (χ2v) is 4.88. The number of rotatable bonds is 2. The highest BCUT2D eigenvalue weighted by Gasteiger charge is 2.20. The molecule has 0 amide bonds. The topological polar surface area (TPSA) is 35.3 Å². The first kappa shape index (κ1) is 13.2. The molecule has 0 spiro atoms. The van der Waals surface area contributed by atoms with Gasteiger partial charge in [0, 0.05) is 5.56 Å². The monoisotopic (exact) mass is 311 g/mol. The van der Waals surface area contributed by atoms with Crippen molar-refractivity contribution in [2.24, 2.45) is 0 Å². The third-order valence-corrected chi connectivity index (χ3v) is 3.57. The van der Waals surface area contributed by atoms with Crippen molar-refractivity contribution in [3.05, 3.63) is 46.2 Å². The van der Waals surface area contributed by atoms with Crippen molar-refractivity contribution in [3.8, 4) is 17.0 Å². The molecule has 1 heterocycles. The second kappa shape index (κ2) is 4.96. The average Bonchev–Trinajstić information content (AvgIpc) is 2.83. The highest BCUT2D eigenvalue weighted by atomic mass is 35.5. The van der Waals surface area contributed by atoms with E-state index in [-0.39, 0.29) is 5.02 Å². The minimum atomic E-state index is -0.397. The third kappa shape index (κ3) is 1.92. The van der Waals surface area contributed by atoms with Gasteiger partial charge in [-0.3, -0.25) is 0 Å². The van der Waals surface area contributed by atoms with Gasteiger partial charge >= 0.3 is 0 Å². The zero-order valence-electron chi connectivity index (χ0n) is 10.3. The summed E-state index contributed by atoms with van der Waals surface area (Å²) >= 11 is 12.2. The Morgan fingerprint density at radius 1 is 1.25 bits per heavy atom. The van der Waals surface area contributed by atoms with E-state index in [1.165, 1.54) is 13.2 Å². The molecule has 3 rings (SSSR count). The Balaban J connectivity index is 2.33. The molecule has 0 fully saturated rings. The third-order valence-electron chi connectivity index (χ3n) is 2.95. The molecule has 0 radical (unpaired) electrons. The van der Waals surface area contributed by atoms with Crippen LogP contribution < -0.4 is 4.74 Å². The van der Waals surface area contributed by atoms with Crippen LogP contribution in [0.1, 0.15) is 0 Å². The van der Waals surface area contributed by atoms with E-state index >= 15 is 0 Å². The van der Waals surface area contributed by atoms with Gasteiger partial charge in [-0.15, -0.1) is 0 Å². The van der Waals surface area contributed by atoms with E-state index in [1.807, 2.05) is 0 Å². The fourth-order valence-corrected chi connectivity index (χ4v) is 2.67. The summed E-state index contributed by atoms with van der Waals surface area (Å²) in [6, 6.07) is 7.87. The van der Waals surface area contributed by atoms with Crippen molar-refractivity contribution in [1.29, 1.82) is 0 Å². The summed E-state index contributed by atoms with van der Waals surface area (Å²) in [5.41, 5.74) is 0.985. The van der Waals surface area contributed by atoms with E-state index in [9.17, 15) is 4.39 Å². The predicted molar refractivity (Wildman–Crippen MR) is 76.0 cm³/mol. The Morgan fingerprint density at radius 3 is 2.70 bits per heavy atom. The van der Waals surface area contributed by atoms with E-state index in [2.05, 4.69) is 5.16 Å². The van der Waals surface area contributed by atoms with Crippen LogP contribution in [0.2, 0.25) is 10.0 Å². The molecule has 6 heteroatoms. The molecule has 3 nitrogen and oxygen atoms in total. The lowest BCUT2D eigenvalue weighted by molar-refractivity contribution is 0.412. The van der Waals surface area contributed by atoms with Crippen LogP contribution in [0.15, 0.2) is 34.9 Å². The molecule has 102 valence electrons. The van der Waals surface area contributed by atoms with Gasteiger partial charge in [0.2, 0.25) is 0 Å². The maximum Gasteiger partial charge on any atom is 0.189 e. The molecule has 0 aliphatic carbocycles. The first-order valence-corrected chi connectivity index (χ1v) is 6.45. The van der Waals surface area contributed by atoms with Gasteiger partial charge in [-0.2, -0.15) is 0 Å². The summed E-state index contributed by atoms with van der Waals surface area (Å²) in [7, 11) is 1.45. The maximum absolute atomic E-state index is 13.9. The first-order chi connectivity index (χ1) is 9.63. The number of fused-ring (bicyclic) bond motifs is 1. The zero-order chi connectivity index (χ0) is 14.3. The summed E-state index contributed by atoms with van der Waals surface area (Å²) in [6.07, 6.45) is 0. The fraction of sp³-hybridized carbons (Fsp3) is 0.0714. The fourth-order valence-electron chi connectivity index (χ4n) is 2.02. The quantitative estimate of drug-likeness (QED) is 0.671. The summed E-state index contributed by atoms with van der Waals surface area (Å²) in [5.74, 6) is -0.0946. The van der Waals surface area contributed by atoms with Crippen LogP contribution in [0, 0.1) is 5.82 Å². The van der Waals surface area contributed by atoms with Crippen LogP contribution in [-0.2, 0) is 0 Å². The summed E-state index contributed by atoms with van der Waals surface area (Å²) in [5, 5.41) is 4.95. The van der Waals surface area contributed by atoms with Crippen LogP contribution in [0.4, 0.5) is 4.39 Å². The van der Waals surface area contributed by atoms with Crippen LogP contribution in [0.5, 0.6) is 5.75 Å². The van der Waals surface area contributed by atoms with Gasteiger partial charge in [0.1, 0.15) is 16.5 Å². The first-order valence-electron chi connectivity index (χ1n) is 5.69. The van der Waals surface area contributed by atoms with Crippen LogP contribution >= 0.6 is 23.2 Å². The summed E-state index contributed by atoms with van der Waals surface area (Å²) in [6.45, 7) is 0. The molecule has 0 aliphatic rings. The second-order valence-electron chi connectivity index (χ2n) is 4.09. The zero-order valence-corrected chi connectivity index (χ0v) is 11.8. The number of hydrogen-bond acceptors (Lipinski definition) is 3. The minimum absolute atomic E-state index is 0.213. The molecular weight excluding hydrogens is 304 g/mol. The Morgan fingerprint density at radius 2 is 2.00 bits per heavy atom. The van der Waals surface area contributed by atoms with Crippen molar-refractivity contribution in [1.82, 2.24) is 5.16 Å². The van der Waals surface area contributed by atoms with Gasteiger partial charge < -0.3 is 9.26 Å². The molecule has 20 heavy (non-hydrogen) atoms. The van der Waals surface area contributed by atoms with Crippen LogP contribution in [-0.4, -0.2) is 12.3 Å². The Kier molecular flexibility index (Phi) is 3.28. The number of methoxy groups -OCH3 is 1. The van der Waals surface area contributed by atoms with Crippen molar-refractivity contribution in [2.45, 2.75) is 0 Å². The van der Waals surface area contributed by atoms with Crippen LogP contribution in [0.3, 0.4) is 0 Å². The van der Waals surface area contributed by atoms with Gasteiger partial charge in [-0.05, 0) is 18.2 Å². The van der Waals surface area contributed by atoms with Gasteiger partial charge in [0.15, 0.2) is 11.3 Å². The Bertz CT molecular complexity index is 801. The van der Waals surface area contributed by atoms with E-state index in [1.54, 1.807) is 24.3 Å². The molecule has 0 saturated heterocycles. The highest BCUT2D eigenvalue weighted by molar-refractivity contribution is 6.41. The molecule has 0 bridgehead atoms. The molecule has 2 aromatic carbocycles. The van der Waals surface area contributed by atoms with Gasteiger partial charge in [0.25, 0.3) is 0 Å². The molecule has 1 aromatic heterocycles. The molecule has 0 aliphatic heterocycles. The van der Waals surface area contributed by atoms with Gasteiger partial charge in [-0.1, -0.05) is 40.5 Å². The smallest absolute Gasteiger partial charge is 0.189 e. The number of ether oxygens (including phenoxy) is 1. The molecular formula is C14H8Cl2FNO2. The Labute approximate surface area is 123 Å². The molecule has 0 N–H and O–H groups in total. The van der Waals surface area contributed by atoms with E-state index in [0.29, 0.717) is 33.0 Å². The largest absolute Gasteiger partial charge is 0.493 e. The van der Waals surface area contributed by atoms with Gasteiger partial charge in [-0.25, -0.2) is 4.39 Å². The predicted octanol–water partition coefficient (Wildman–Crippen LogP) is 4.95. The number of nitrogens with zero attached hydrogens (tertiary/aromatic N) is 1. The van der Waals surface area contributed by atoms with Crippen molar-refractivity contribution < 1.29 is 13.7 Å². The van der Waals surface area contributed by atoms with Gasteiger partial charge in [0.05, 0.1) is 17.5 Å². The van der Waals surface area contributed by atoms with E-state index in [4.69, 9.17) is 32.5 Å². The minimum Gasteiger partial charge on any atom is -0.493 e. The maximum atomic E-state index is 13.9. The number of hydrogen-bond donors (Lipinski definition) is 0. The van der Waals surface area contributed by atoms with Crippen molar-refractivity contribution >= 4 is 34.2 Å². The SMILES string of the molecule is COc1c(Cl)cc2c(-c3ccccc3F)noc2c1Cl. The molecule has 0 unspecified atom stereocenters. The lowest BCUT2D eigenvalue weighted by Gasteiger charge is -2.05. The van der Waals surface area contributed by atoms with E-state index in [0.717, 1.165) is 0 Å². The standard InChI is InChI=1S/C14H8Cl2FNO2/c1-19-14-9(15)6-8-12(18-20-13(8)11(14)16)7-4-2-3-5-10(7)17/h2-6H,1H3. The number of aromatic nitrogens is 1. The van der Waals surface area contributed by atoms with Crippen molar-refractivity contribution in [2.75, 3.05) is 7.11 Å². The highest BCUT2D eigenvalue weighted by Crippen LogP contribution is 2.42. The van der Waals surface area contributed by atoms with Crippen LogP contribution in [0.25, 0.3) is 22.2 Å². The van der Waals surface area contributed by atoms with Crippen molar-refractivity contribution in [3.63, 3.8) is 0 Å². The molecule has 3 aromatic rings. The summed E-state index contributed by atoms with van der Waals surface area (Å²) in [4.78, 5) is 0.